The zero-order valence-corrected chi connectivity index (χ0v) is 18.7. The molecule has 0 N–H and O–H groups in total. The predicted octanol–water partition coefficient (Wildman–Crippen LogP) is 8.05. The fraction of sp³-hybridized carbons (Fsp3) is 0.241. The molecule has 0 fully saturated rings. The summed E-state index contributed by atoms with van der Waals surface area (Å²) in [5, 5.41) is 2.45. The van der Waals surface area contributed by atoms with E-state index in [2.05, 4.69) is 60.4 Å². The van der Waals surface area contributed by atoms with Crippen molar-refractivity contribution >= 4 is 10.8 Å². The summed E-state index contributed by atoms with van der Waals surface area (Å²) < 4.78 is 39.2. The van der Waals surface area contributed by atoms with E-state index < -0.39 is 11.7 Å². The van der Waals surface area contributed by atoms with Gasteiger partial charge in [0, 0.05) is 12.6 Å². The Balaban J connectivity index is 1.54. The van der Waals surface area contributed by atoms with Crippen LogP contribution in [0.25, 0.3) is 10.8 Å². The van der Waals surface area contributed by atoms with Crippen LogP contribution in [0.15, 0.2) is 97.1 Å². The molecule has 0 aliphatic heterocycles. The van der Waals surface area contributed by atoms with Crippen LogP contribution in [0, 0.1) is 0 Å². The first kappa shape index (κ1) is 23.1. The summed E-state index contributed by atoms with van der Waals surface area (Å²) in [6.07, 6.45) is -2.92. The molecule has 4 aromatic carbocycles. The highest BCUT2D eigenvalue weighted by Crippen LogP contribution is 2.31. The summed E-state index contributed by atoms with van der Waals surface area (Å²) >= 11 is 0. The molecule has 4 rings (SSSR count). The van der Waals surface area contributed by atoms with Gasteiger partial charge in [0.25, 0.3) is 0 Å². The monoisotopic (exact) mass is 447 g/mol. The van der Waals surface area contributed by atoms with Crippen molar-refractivity contribution in [1.29, 1.82) is 0 Å². The lowest BCUT2D eigenvalue weighted by atomic mass is 9.97. The molecule has 0 saturated heterocycles. The van der Waals surface area contributed by atoms with Gasteiger partial charge in [0.1, 0.15) is 0 Å². The lowest BCUT2D eigenvalue weighted by molar-refractivity contribution is -0.137. The largest absolute Gasteiger partial charge is 0.416 e. The second-order valence-electron chi connectivity index (χ2n) is 8.50. The zero-order valence-electron chi connectivity index (χ0n) is 18.7. The third-order valence-corrected chi connectivity index (χ3v) is 6.21. The van der Waals surface area contributed by atoms with Crippen LogP contribution in [0.3, 0.4) is 0 Å². The Morgan fingerprint density at radius 3 is 2.21 bits per heavy atom. The molecule has 4 heteroatoms. The zero-order chi connectivity index (χ0) is 23.3. The van der Waals surface area contributed by atoms with E-state index in [4.69, 9.17) is 0 Å². The SMILES string of the molecule is C[C@H](c1cccc2ccccc12)N(CCCc1cccc(C(F)(F)F)c1)Cc1ccccc1. The second kappa shape index (κ2) is 10.2. The minimum Gasteiger partial charge on any atom is -0.292 e. The van der Waals surface area contributed by atoms with Gasteiger partial charge in [-0.2, -0.15) is 13.2 Å². The normalized spacial score (nSPS) is 12.9. The van der Waals surface area contributed by atoms with Gasteiger partial charge >= 0.3 is 6.18 Å². The summed E-state index contributed by atoms with van der Waals surface area (Å²) in [6, 6.07) is 31.0. The number of hydrogen-bond acceptors (Lipinski definition) is 1. The molecular formula is C29H28F3N. The number of alkyl halides is 3. The number of benzene rings is 4. The average molecular weight is 448 g/mol. The Bertz CT molecular complexity index is 1180. The highest BCUT2D eigenvalue weighted by atomic mass is 19.4. The first-order valence-corrected chi connectivity index (χ1v) is 11.3. The van der Waals surface area contributed by atoms with Crippen LogP contribution in [0.1, 0.15) is 41.6 Å². The van der Waals surface area contributed by atoms with Gasteiger partial charge in [0.15, 0.2) is 0 Å². The van der Waals surface area contributed by atoms with Crippen LogP contribution in [-0.2, 0) is 19.1 Å². The molecule has 4 aromatic rings. The topological polar surface area (TPSA) is 3.24 Å². The van der Waals surface area contributed by atoms with Gasteiger partial charge < -0.3 is 0 Å². The maximum Gasteiger partial charge on any atom is 0.416 e. The molecule has 0 aliphatic carbocycles. The molecule has 1 atom stereocenters. The van der Waals surface area contributed by atoms with Crippen LogP contribution in [0.5, 0.6) is 0 Å². The number of aryl methyl sites for hydroxylation is 1. The summed E-state index contributed by atoms with van der Waals surface area (Å²) in [5.74, 6) is 0. The van der Waals surface area contributed by atoms with Crippen LogP contribution in [-0.4, -0.2) is 11.4 Å². The summed E-state index contributed by atoms with van der Waals surface area (Å²) in [7, 11) is 0. The number of rotatable bonds is 8. The van der Waals surface area contributed by atoms with Gasteiger partial charge in [-0.3, -0.25) is 4.90 Å². The van der Waals surface area contributed by atoms with Gasteiger partial charge in [-0.05, 0) is 59.8 Å². The van der Waals surface area contributed by atoms with Gasteiger partial charge in [-0.1, -0.05) is 91.0 Å². The van der Waals surface area contributed by atoms with Crippen molar-refractivity contribution in [2.75, 3.05) is 6.54 Å². The number of hydrogen-bond donors (Lipinski definition) is 0. The standard InChI is InChI=1S/C29H28F3N/c1-22(27-18-8-15-25-14-5-6-17-28(25)27)33(21-24-10-3-2-4-11-24)19-9-13-23-12-7-16-26(20-23)29(30,31)32/h2-8,10-12,14-18,20,22H,9,13,19,21H2,1H3/t22-/m1/s1. The lowest BCUT2D eigenvalue weighted by Gasteiger charge is -2.30. The van der Waals surface area contributed by atoms with E-state index in [0.717, 1.165) is 31.1 Å². The Kier molecular flexibility index (Phi) is 7.14. The van der Waals surface area contributed by atoms with E-state index >= 15 is 0 Å². The highest BCUT2D eigenvalue weighted by Gasteiger charge is 2.30. The quantitative estimate of drug-likeness (QED) is 0.264. The predicted molar refractivity (Wildman–Crippen MR) is 129 cm³/mol. The minimum atomic E-state index is -4.31. The number of fused-ring (bicyclic) bond motifs is 1. The summed E-state index contributed by atoms with van der Waals surface area (Å²) in [6.45, 7) is 3.79. The molecule has 1 nitrogen and oxygen atoms in total. The molecule has 0 spiro atoms. The third kappa shape index (κ3) is 5.82. The van der Waals surface area contributed by atoms with Gasteiger partial charge in [-0.25, -0.2) is 0 Å². The first-order chi connectivity index (χ1) is 15.9. The number of halogens is 3. The molecule has 0 aromatic heterocycles. The Hall–Kier alpha value is -3.11. The van der Waals surface area contributed by atoms with Crippen LogP contribution >= 0.6 is 0 Å². The average Bonchev–Trinajstić information content (AvgIpc) is 2.83. The maximum atomic E-state index is 13.1. The van der Waals surface area contributed by atoms with Crippen LogP contribution < -0.4 is 0 Å². The summed E-state index contributed by atoms with van der Waals surface area (Å²) in [5.41, 5.74) is 2.64. The van der Waals surface area contributed by atoms with Crippen molar-refractivity contribution in [1.82, 2.24) is 4.90 Å². The molecule has 0 aliphatic rings. The maximum absolute atomic E-state index is 13.1. The smallest absolute Gasteiger partial charge is 0.292 e. The van der Waals surface area contributed by atoms with Crippen LogP contribution in [0.2, 0.25) is 0 Å². The van der Waals surface area contributed by atoms with Crippen molar-refractivity contribution in [3.63, 3.8) is 0 Å². The Labute approximate surface area is 193 Å². The molecule has 0 amide bonds. The van der Waals surface area contributed by atoms with Crippen LogP contribution in [0.4, 0.5) is 13.2 Å². The van der Waals surface area contributed by atoms with E-state index in [1.54, 1.807) is 6.07 Å². The van der Waals surface area contributed by atoms with Crippen molar-refractivity contribution in [3.8, 4) is 0 Å². The van der Waals surface area contributed by atoms with Crippen molar-refractivity contribution in [2.24, 2.45) is 0 Å². The first-order valence-electron chi connectivity index (χ1n) is 11.3. The molecule has 33 heavy (non-hydrogen) atoms. The minimum absolute atomic E-state index is 0.165. The van der Waals surface area contributed by atoms with Gasteiger partial charge in [-0.15, -0.1) is 0 Å². The molecule has 0 saturated carbocycles. The molecule has 0 bridgehead atoms. The van der Waals surface area contributed by atoms with E-state index in [-0.39, 0.29) is 6.04 Å². The van der Waals surface area contributed by atoms with Crippen molar-refractivity contribution in [3.05, 3.63) is 119 Å². The van der Waals surface area contributed by atoms with E-state index in [0.29, 0.717) is 6.42 Å². The summed E-state index contributed by atoms with van der Waals surface area (Å²) in [4.78, 5) is 2.42. The van der Waals surface area contributed by atoms with Crippen molar-refractivity contribution in [2.45, 2.75) is 38.5 Å². The van der Waals surface area contributed by atoms with E-state index in [1.165, 1.54) is 34.0 Å². The molecule has 0 radical (unpaired) electrons. The van der Waals surface area contributed by atoms with Gasteiger partial charge in [0.05, 0.1) is 5.56 Å². The van der Waals surface area contributed by atoms with E-state index in [1.807, 2.05) is 24.3 Å². The molecule has 0 heterocycles. The molecule has 0 unspecified atom stereocenters. The fourth-order valence-electron chi connectivity index (χ4n) is 4.43. The Morgan fingerprint density at radius 1 is 0.758 bits per heavy atom. The molecular weight excluding hydrogens is 419 g/mol. The lowest BCUT2D eigenvalue weighted by Crippen LogP contribution is -2.28. The second-order valence-corrected chi connectivity index (χ2v) is 8.50. The fourth-order valence-corrected chi connectivity index (χ4v) is 4.43. The van der Waals surface area contributed by atoms with E-state index in [9.17, 15) is 13.2 Å². The van der Waals surface area contributed by atoms with Crippen molar-refractivity contribution < 1.29 is 13.2 Å². The Morgan fingerprint density at radius 2 is 1.42 bits per heavy atom. The van der Waals surface area contributed by atoms with Gasteiger partial charge in [0.2, 0.25) is 0 Å². The number of nitrogens with zero attached hydrogens (tertiary/aromatic N) is 1. The highest BCUT2D eigenvalue weighted by molar-refractivity contribution is 5.86. The third-order valence-electron chi connectivity index (χ3n) is 6.21. The molecule has 170 valence electrons.